The van der Waals surface area contributed by atoms with Crippen molar-refractivity contribution in [1.29, 1.82) is 0 Å². The molecule has 0 bridgehead atoms. The van der Waals surface area contributed by atoms with Crippen molar-refractivity contribution in [2.45, 2.75) is 46.1 Å². The number of nitrogens with one attached hydrogen (secondary N) is 1. The van der Waals surface area contributed by atoms with Gasteiger partial charge in [0, 0.05) is 12.5 Å². The number of carboxylic acid groups (broad SMARTS) is 1. The van der Waals surface area contributed by atoms with E-state index >= 15 is 0 Å². The number of para-hydroxylation sites is 1. The van der Waals surface area contributed by atoms with E-state index in [0.29, 0.717) is 12.8 Å². The van der Waals surface area contributed by atoms with Crippen LogP contribution in [0.25, 0.3) is 0 Å². The summed E-state index contributed by atoms with van der Waals surface area (Å²) in [6.45, 7) is 5.71. The molecule has 1 aromatic rings. The van der Waals surface area contributed by atoms with Crippen molar-refractivity contribution >= 4 is 11.9 Å². The molecule has 0 saturated heterocycles. The van der Waals surface area contributed by atoms with Crippen LogP contribution in [0.5, 0.6) is 5.75 Å². The molecule has 21 heavy (non-hydrogen) atoms. The molecule has 1 aromatic carbocycles. The second-order valence-electron chi connectivity index (χ2n) is 5.26. The molecule has 5 heteroatoms. The van der Waals surface area contributed by atoms with Gasteiger partial charge in [-0.25, -0.2) is 0 Å². The molecule has 0 fully saturated rings. The number of amides is 1. The quantitative estimate of drug-likeness (QED) is 0.772. The van der Waals surface area contributed by atoms with Crippen LogP contribution < -0.4 is 10.1 Å². The Balaban J connectivity index is 2.35. The first-order valence-corrected chi connectivity index (χ1v) is 7.10. The lowest BCUT2D eigenvalue weighted by atomic mass is 10.1. The summed E-state index contributed by atoms with van der Waals surface area (Å²) in [5, 5.41) is 11.4. The normalized spacial score (nSPS) is 11.8. The van der Waals surface area contributed by atoms with E-state index in [2.05, 4.69) is 5.32 Å². The number of carbonyl (C=O) groups excluding carboxylic acids is 1. The monoisotopic (exact) mass is 293 g/mol. The summed E-state index contributed by atoms with van der Waals surface area (Å²) in [6.07, 6.45) is 1.31. The van der Waals surface area contributed by atoms with Gasteiger partial charge in [-0.3, -0.25) is 9.59 Å². The predicted octanol–water partition coefficient (Wildman–Crippen LogP) is 2.44. The zero-order chi connectivity index (χ0) is 15.8. The van der Waals surface area contributed by atoms with Crippen LogP contribution in [-0.4, -0.2) is 29.6 Å². The average Bonchev–Trinajstić information content (AvgIpc) is 2.37. The van der Waals surface area contributed by atoms with E-state index in [1.807, 2.05) is 39.0 Å². The lowest BCUT2D eigenvalue weighted by Gasteiger charge is -2.15. The number of hydrogen-bond acceptors (Lipinski definition) is 3. The minimum absolute atomic E-state index is 0.0328. The number of hydrogen-bond donors (Lipinski definition) is 2. The van der Waals surface area contributed by atoms with Crippen LogP contribution in [-0.2, 0) is 9.59 Å². The molecule has 0 saturated carbocycles. The van der Waals surface area contributed by atoms with Gasteiger partial charge in [0.05, 0.1) is 0 Å². The van der Waals surface area contributed by atoms with Crippen molar-refractivity contribution in [1.82, 2.24) is 5.32 Å². The van der Waals surface area contributed by atoms with Gasteiger partial charge < -0.3 is 15.2 Å². The van der Waals surface area contributed by atoms with Crippen molar-refractivity contribution in [3.63, 3.8) is 0 Å². The number of aliphatic carboxylic acids is 1. The molecule has 1 unspecified atom stereocenters. The van der Waals surface area contributed by atoms with E-state index in [1.54, 1.807) is 0 Å². The first-order chi connectivity index (χ1) is 9.90. The van der Waals surface area contributed by atoms with Crippen LogP contribution in [0.3, 0.4) is 0 Å². The standard InChI is InChI=1S/C16H23NO4/c1-11-6-4-7-12(2)16(11)21-10-14(18)17-13(3)8-5-9-15(19)20/h4,6-7,13H,5,8-10H2,1-3H3,(H,17,18)(H,19,20). The first-order valence-electron chi connectivity index (χ1n) is 7.10. The Bertz CT molecular complexity index is 479. The maximum Gasteiger partial charge on any atom is 0.303 e. The summed E-state index contributed by atoms with van der Waals surface area (Å²) in [6, 6.07) is 5.77. The highest BCUT2D eigenvalue weighted by Gasteiger charge is 2.10. The molecule has 0 aliphatic carbocycles. The van der Waals surface area contributed by atoms with Crippen LogP contribution in [0.15, 0.2) is 18.2 Å². The minimum Gasteiger partial charge on any atom is -0.483 e. The Hall–Kier alpha value is -2.04. The van der Waals surface area contributed by atoms with Crippen molar-refractivity contribution in [3.8, 4) is 5.75 Å². The Morgan fingerprint density at radius 3 is 2.48 bits per heavy atom. The Labute approximate surface area is 125 Å². The van der Waals surface area contributed by atoms with Gasteiger partial charge in [-0.2, -0.15) is 0 Å². The number of benzene rings is 1. The SMILES string of the molecule is Cc1cccc(C)c1OCC(=O)NC(C)CCCC(=O)O. The van der Waals surface area contributed by atoms with Crippen LogP contribution in [0.2, 0.25) is 0 Å². The van der Waals surface area contributed by atoms with Crippen molar-refractivity contribution < 1.29 is 19.4 Å². The van der Waals surface area contributed by atoms with E-state index in [-0.39, 0.29) is 25.0 Å². The smallest absolute Gasteiger partial charge is 0.303 e. The van der Waals surface area contributed by atoms with Gasteiger partial charge in [-0.15, -0.1) is 0 Å². The molecule has 1 amide bonds. The molecule has 2 N–H and O–H groups in total. The maximum atomic E-state index is 11.8. The number of carboxylic acids is 1. The highest BCUT2D eigenvalue weighted by molar-refractivity contribution is 5.77. The summed E-state index contributed by atoms with van der Waals surface area (Å²) >= 11 is 0. The van der Waals surface area contributed by atoms with Gasteiger partial charge in [0.25, 0.3) is 5.91 Å². The van der Waals surface area contributed by atoms with Gasteiger partial charge in [0.1, 0.15) is 5.75 Å². The molecule has 0 aliphatic rings. The number of ether oxygens (including phenoxy) is 1. The highest BCUT2D eigenvalue weighted by atomic mass is 16.5. The van der Waals surface area contributed by atoms with Gasteiger partial charge in [-0.1, -0.05) is 18.2 Å². The molecule has 5 nitrogen and oxygen atoms in total. The van der Waals surface area contributed by atoms with Gasteiger partial charge in [0.2, 0.25) is 0 Å². The molecular formula is C16H23NO4. The molecule has 0 spiro atoms. The van der Waals surface area contributed by atoms with E-state index in [0.717, 1.165) is 16.9 Å². The molecule has 0 aliphatic heterocycles. The summed E-state index contributed by atoms with van der Waals surface area (Å²) in [5.74, 6) is -0.265. The minimum atomic E-state index is -0.813. The van der Waals surface area contributed by atoms with E-state index in [4.69, 9.17) is 9.84 Å². The summed E-state index contributed by atoms with van der Waals surface area (Å²) < 4.78 is 5.57. The van der Waals surface area contributed by atoms with Gasteiger partial charge in [0.15, 0.2) is 6.61 Å². The van der Waals surface area contributed by atoms with Crippen LogP contribution in [0.4, 0.5) is 0 Å². The van der Waals surface area contributed by atoms with E-state index in [9.17, 15) is 9.59 Å². The van der Waals surface area contributed by atoms with Gasteiger partial charge in [-0.05, 0) is 44.7 Å². The molecule has 0 aromatic heterocycles. The summed E-state index contributed by atoms with van der Waals surface area (Å²) in [4.78, 5) is 22.2. The van der Waals surface area contributed by atoms with Crippen LogP contribution >= 0.6 is 0 Å². The second-order valence-corrected chi connectivity index (χ2v) is 5.26. The fourth-order valence-electron chi connectivity index (χ4n) is 2.11. The first kappa shape index (κ1) is 17.0. The Kier molecular flexibility index (Phi) is 6.72. The fourth-order valence-corrected chi connectivity index (χ4v) is 2.11. The molecule has 1 atom stereocenters. The third-order valence-electron chi connectivity index (χ3n) is 3.19. The van der Waals surface area contributed by atoms with Crippen LogP contribution in [0.1, 0.15) is 37.3 Å². The zero-order valence-corrected chi connectivity index (χ0v) is 12.8. The van der Waals surface area contributed by atoms with Crippen molar-refractivity contribution in [3.05, 3.63) is 29.3 Å². The number of aryl methyl sites for hydroxylation is 2. The fraction of sp³-hybridized carbons (Fsp3) is 0.500. The molecule has 0 heterocycles. The average molecular weight is 293 g/mol. The number of carbonyl (C=O) groups is 2. The number of rotatable bonds is 8. The topological polar surface area (TPSA) is 75.6 Å². The van der Waals surface area contributed by atoms with E-state index in [1.165, 1.54) is 0 Å². The Morgan fingerprint density at radius 1 is 1.29 bits per heavy atom. The largest absolute Gasteiger partial charge is 0.483 e. The third kappa shape index (κ3) is 6.29. The second kappa shape index (κ2) is 8.29. The third-order valence-corrected chi connectivity index (χ3v) is 3.19. The Morgan fingerprint density at radius 2 is 1.90 bits per heavy atom. The maximum absolute atomic E-state index is 11.8. The molecule has 116 valence electrons. The molecule has 0 radical (unpaired) electrons. The predicted molar refractivity (Wildman–Crippen MR) is 80.5 cm³/mol. The highest BCUT2D eigenvalue weighted by Crippen LogP contribution is 2.21. The van der Waals surface area contributed by atoms with Crippen molar-refractivity contribution in [2.75, 3.05) is 6.61 Å². The molecular weight excluding hydrogens is 270 g/mol. The van der Waals surface area contributed by atoms with Crippen LogP contribution in [0, 0.1) is 13.8 Å². The lowest BCUT2D eigenvalue weighted by molar-refractivity contribution is -0.137. The summed E-state index contributed by atoms with van der Waals surface area (Å²) in [5.41, 5.74) is 2.00. The van der Waals surface area contributed by atoms with E-state index < -0.39 is 5.97 Å². The van der Waals surface area contributed by atoms with Crippen molar-refractivity contribution in [2.24, 2.45) is 0 Å². The lowest BCUT2D eigenvalue weighted by Crippen LogP contribution is -2.36. The molecule has 1 rings (SSSR count). The zero-order valence-electron chi connectivity index (χ0n) is 12.8. The summed E-state index contributed by atoms with van der Waals surface area (Å²) in [7, 11) is 0. The van der Waals surface area contributed by atoms with Gasteiger partial charge >= 0.3 is 5.97 Å².